The molecule has 0 aromatic rings. The van der Waals surface area contributed by atoms with Gasteiger partial charge in [-0.15, -0.1) is 0 Å². The van der Waals surface area contributed by atoms with Gasteiger partial charge >= 0.3 is 77.6 Å². The monoisotopic (exact) mass is 351 g/mol. The molecular weight excluding hydrogens is 343 g/mol. The van der Waals surface area contributed by atoms with Crippen LogP contribution in [0.5, 0.6) is 0 Å². The van der Waals surface area contributed by atoms with Crippen molar-refractivity contribution in [3.05, 3.63) is 0 Å². The Morgan fingerprint density at radius 2 is 1.00 bits per heavy atom. The summed E-state index contributed by atoms with van der Waals surface area (Å²) in [6.07, 6.45) is 0. The van der Waals surface area contributed by atoms with E-state index in [0.29, 0.717) is 0 Å². The predicted octanol–water partition coefficient (Wildman–Crippen LogP) is -2.92. The largest absolute Gasteiger partial charge is 2.00 e. The fourth-order valence-corrected chi connectivity index (χ4v) is 0. The molecule has 0 unspecified atom stereocenters. The van der Waals surface area contributed by atoms with E-state index in [2.05, 4.69) is 0 Å². The molecule has 8 heteroatoms. The van der Waals surface area contributed by atoms with Gasteiger partial charge in [0.05, 0.1) is 0 Å². The van der Waals surface area contributed by atoms with Crippen LogP contribution in [-0.4, -0.2) is 96.8 Å². The molecule has 4 nitrogen and oxygen atoms in total. The molecule has 0 aliphatic heterocycles. The van der Waals surface area contributed by atoms with Crippen LogP contribution in [0.1, 0.15) is 5.71 Å². The summed E-state index contributed by atoms with van der Waals surface area (Å²) in [7, 11) is -4.61. The van der Waals surface area contributed by atoms with Gasteiger partial charge in [0.1, 0.15) is 0 Å². The molecule has 0 saturated carbocycles. The van der Waals surface area contributed by atoms with E-state index >= 15 is 0 Å². The van der Waals surface area contributed by atoms with Crippen LogP contribution in [0.25, 0.3) is 0 Å². The van der Waals surface area contributed by atoms with Crippen LogP contribution in [-0.2, 0) is 0 Å². The van der Waals surface area contributed by atoms with E-state index in [1.807, 2.05) is 0 Å². The van der Waals surface area contributed by atoms with Gasteiger partial charge in [-0.1, -0.05) is 0 Å². The van der Waals surface area contributed by atoms with E-state index < -0.39 is 9.05 Å². The molecule has 0 amide bonds. The molecule has 0 fully saturated rings. The standard InChI is InChI=1S/La.Mg.H4O4Si.Sr.4H/c;;1-5(2,3)4;;;;;/h;;1-4H;;;;;/q;+2;;+2;4*-1. The van der Waals surface area contributed by atoms with Crippen molar-refractivity contribution in [2.45, 2.75) is 0 Å². The van der Waals surface area contributed by atoms with Crippen molar-refractivity contribution >= 4 is 77.6 Å². The van der Waals surface area contributed by atoms with Crippen LogP contribution in [0, 0.1) is 35.6 Å². The molecular formula is H8LaMgO4SiSr. The van der Waals surface area contributed by atoms with Gasteiger partial charge in [0.15, 0.2) is 0 Å². The minimum Gasteiger partial charge on any atom is -1.00 e. The third-order valence-electron chi connectivity index (χ3n) is 0. The molecule has 0 heterocycles. The van der Waals surface area contributed by atoms with Crippen LogP contribution in [0.4, 0.5) is 0 Å². The topological polar surface area (TPSA) is 80.9 Å². The van der Waals surface area contributed by atoms with E-state index in [0.717, 1.165) is 0 Å². The first-order valence-electron chi connectivity index (χ1n) is 0.894. The molecule has 4 N–H and O–H groups in total. The first-order chi connectivity index (χ1) is 2.00. The van der Waals surface area contributed by atoms with Crippen molar-refractivity contribution < 1.29 is 60.5 Å². The third-order valence-corrected chi connectivity index (χ3v) is 0. The first-order valence-corrected chi connectivity index (χ1v) is 2.68. The van der Waals surface area contributed by atoms with Crippen LogP contribution in [0.2, 0.25) is 0 Å². The Bertz CT molecular complexity index is 42.5. The van der Waals surface area contributed by atoms with Crippen LogP contribution >= 0.6 is 0 Å². The van der Waals surface area contributed by atoms with E-state index in [4.69, 9.17) is 19.2 Å². The molecule has 0 aromatic carbocycles. The number of hydrogen-bond donors (Lipinski definition) is 4. The molecule has 0 aliphatic rings. The molecule has 43 valence electrons. The van der Waals surface area contributed by atoms with Gasteiger partial charge in [0.2, 0.25) is 0 Å². The van der Waals surface area contributed by atoms with Gasteiger partial charge in [-0.2, -0.15) is 0 Å². The Morgan fingerprint density at radius 1 is 1.00 bits per heavy atom. The minimum atomic E-state index is -4.61. The molecule has 1 radical (unpaired) electrons. The summed E-state index contributed by atoms with van der Waals surface area (Å²) >= 11 is 0. The molecule has 0 aromatic heterocycles. The van der Waals surface area contributed by atoms with Gasteiger partial charge in [-0.05, 0) is 0 Å². The summed E-state index contributed by atoms with van der Waals surface area (Å²) < 4.78 is 0. The zero-order chi connectivity index (χ0) is 4.50. The van der Waals surface area contributed by atoms with Gasteiger partial charge in [0.25, 0.3) is 0 Å². The van der Waals surface area contributed by atoms with Crippen molar-refractivity contribution in [2.75, 3.05) is 0 Å². The third kappa shape index (κ3) is 56.1. The normalized spacial score (nSPS) is 7.50. The van der Waals surface area contributed by atoms with E-state index in [1.54, 1.807) is 0 Å². The molecule has 0 atom stereocenters. The molecule has 0 aliphatic carbocycles. The Hall–Kier alpha value is 3.50. The number of hydrogen-bond acceptors (Lipinski definition) is 4. The van der Waals surface area contributed by atoms with Crippen molar-refractivity contribution in [2.24, 2.45) is 0 Å². The molecule has 0 bridgehead atoms. The second-order valence-electron chi connectivity index (χ2n) is 0.600. The van der Waals surface area contributed by atoms with Crippen LogP contribution in [0.15, 0.2) is 0 Å². The summed E-state index contributed by atoms with van der Waals surface area (Å²) in [5.74, 6) is 0. The SMILES string of the molecule is O[Si](O)(O)O.[H-].[H-].[H-].[H-].[La].[Mg+2].[Sr+2]. The Balaban J connectivity index is -0.00000000381. The van der Waals surface area contributed by atoms with Gasteiger partial charge in [-0.25, -0.2) is 0 Å². The zero-order valence-corrected chi connectivity index (χ0v) is 13.8. The number of rotatable bonds is 0. The van der Waals surface area contributed by atoms with Crippen LogP contribution < -0.4 is 0 Å². The average molecular weight is 351 g/mol. The Labute approximate surface area is 135 Å². The Morgan fingerprint density at radius 3 is 1.00 bits per heavy atom. The quantitative estimate of drug-likeness (QED) is 0.353. The molecule has 8 heavy (non-hydrogen) atoms. The van der Waals surface area contributed by atoms with Crippen LogP contribution in [0.3, 0.4) is 0 Å². The van der Waals surface area contributed by atoms with E-state index in [1.165, 1.54) is 0 Å². The second-order valence-corrected chi connectivity index (χ2v) is 1.80. The maximum atomic E-state index is 7.33. The van der Waals surface area contributed by atoms with Crippen molar-refractivity contribution in [3.8, 4) is 0 Å². The Kier molecular flexibility index (Phi) is 29.6. The maximum Gasteiger partial charge on any atom is 2.00 e. The summed E-state index contributed by atoms with van der Waals surface area (Å²) in [6.45, 7) is 0. The molecule has 0 rings (SSSR count). The van der Waals surface area contributed by atoms with Crippen molar-refractivity contribution in [3.63, 3.8) is 0 Å². The van der Waals surface area contributed by atoms with E-state index in [-0.39, 0.29) is 110 Å². The van der Waals surface area contributed by atoms with Gasteiger partial charge in [0, 0.05) is 35.6 Å². The van der Waals surface area contributed by atoms with Crippen molar-refractivity contribution in [1.29, 1.82) is 0 Å². The fraction of sp³-hybridized carbons (Fsp3) is 0. The maximum absolute atomic E-state index is 7.33. The van der Waals surface area contributed by atoms with Gasteiger partial charge in [-0.3, -0.25) is 0 Å². The fourth-order valence-electron chi connectivity index (χ4n) is 0. The average Bonchev–Trinajstić information content (AvgIpc) is 0.722. The van der Waals surface area contributed by atoms with E-state index in [9.17, 15) is 0 Å². The summed E-state index contributed by atoms with van der Waals surface area (Å²) in [5.41, 5.74) is 0. The minimum absolute atomic E-state index is 0. The molecule has 0 spiro atoms. The first kappa shape index (κ1) is 22.5. The summed E-state index contributed by atoms with van der Waals surface area (Å²) in [4.78, 5) is 29.3. The molecule has 0 saturated heterocycles. The zero-order valence-electron chi connectivity index (χ0n) is 8.28. The summed E-state index contributed by atoms with van der Waals surface area (Å²) in [6, 6.07) is 0. The smallest absolute Gasteiger partial charge is 1.00 e. The second kappa shape index (κ2) is 10.5. The predicted molar refractivity (Wildman–Crippen MR) is 30.6 cm³/mol. The van der Waals surface area contributed by atoms with Crippen molar-refractivity contribution in [1.82, 2.24) is 0 Å². The summed E-state index contributed by atoms with van der Waals surface area (Å²) in [5, 5.41) is 0. The van der Waals surface area contributed by atoms with Gasteiger partial charge < -0.3 is 24.9 Å².